The van der Waals surface area contributed by atoms with Crippen LogP contribution in [0, 0.1) is 13.8 Å². The van der Waals surface area contributed by atoms with Crippen molar-refractivity contribution < 1.29 is 0 Å². The molecular weight excluding hydrogens is 797 g/mol. The quantitative estimate of drug-likeness (QED) is 0.151. The first-order valence-electron chi connectivity index (χ1n) is 23.1. The van der Waals surface area contributed by atoms with Crippen molar-refractivity contribution in [1.82, 2.24) is 0 Å². The number of hydrogen-bond donors (Lipinski definition) is 2. The molecule has 0 heterocycles. The summed E-state index contributed by atoms with van der Waals surface area (Å²) >= 11 is 0. The SMILES string of the molecule is Cc1ccc2ccccc2c1-c1c(CNc2ccc3ccccc3c2-c2c(NCc3ccc4ccccc4c3-c3c(C)ccc4ccccc34)ccc3ccccc23)ccc2ccccc12. The van der Waals surface area contributed by atoms with E-state index in [0.717, 1.165) is 11.4 Å². The molecule has 0 bridgehead atoms. The molecule has 12 rings (SSSR count). The molecule has 66 heavy (non-hydrogen) atoms. The zero-order valence-electron chi connectivity index (χ0n) is 37.2. The second-order valence-corrected chi connectivity index (χ2v) is 17.7. The molecule has 2 N–H and O–H groups in total. The Kier molecular flexibility index (Phi) is 9.80. The Morgan fingerprint density at radius 3 is 0.833 bits per heavy atom. The topological polar surface area (TPSA) is 24.1 Å². The van der Waals surface area contributed by atoms with Crippen LogP contribution in [0.25, 0.3) is 98.0 Å². The predicted octanol–water partition coefficient (Wildman–Crippen LogP) is 17.4. The zero-order chi connectivity index (χ0) is 44.1. The highest BCUT2D eigenvalue weighted by Crippen LogP contribution is 2.46. The van der Waals surface area contributed by atoms with Crippen LogP contribution in [0.15, 0.2) is 218 Å². The van der Waals surface area contributed by atoms with Crippen LogP contribution in [0.1, 0.15) is 22.3 Å². The molecule has 0 saturated heterocycles. The second kappa shape index (κ2) is 16.4. The first-order chi connectivity index (χ1) is 32.6. The molecule has 0 aliphatic rings. The summed E-state index contributed by atoms with van der Waals surface area (Å²) in [7, 11) is 0. The van der Waals surface area contributed by atoms with E-state index in [1.54, 1.807) is 0 Å². The van der Waals surface area contributed by atoms with Gasteiger partial charge in [0, 0.05) is 35.6 Å². The first kappa shape index (κ1) is 39.4. The Labute approximate surface area is 385 Å². The van der Waals surface area contributed by atoms with Gasteiger partial charge in [-0.2, -0.15) is 0 Å². The smallest absolute Gasteiger partial charge is 0.0430 e. The van der Waals surface area contributed by atoms with Gasteiger partial charge in [-0.25, -0.2) is 0 Å². The van der Waals surface area contributed by atoms with Crippen LogP contribution < -0.4 is 10.6 Å². The lowest BCUT2D eigenvalue weighted by atomic mass is 9.87. The number of nitrogens with one attached hydrogen (secondary N) is 2. The van der Waals surface area contributed by atoms with Crippen molar-refractivity contribution in [3.8, 4) is 33.4 Å². The molecule has 0 amide bonds. The van der Waals surface area contributed by atoms with E-state index in [2.05, 4.69) is 243 Å². The van der Waals surface area contributed by atoms with Gasteiger partial charge in [0.1, 0.15) is 0 Å². The Morgan fingerprint density at radius 2 is 0.500 bits per heavy atom. The molecule has 0 radical (unpaired) electrons. The highest BCUT2D eigenvalue weighted by atomic mass is 14.9. The van der Waals surface area contributed by atoms with Gasteiger partial charge in [0.05, 0.1) is 0 Å². The maximum absolute atomic E-state index is 4.07. The van der Waals surface area contributed by atoms with Crippen LogP contribution in [0.4, 0.5) is 11.4 Å². The van der Waals surface area contributed by atoms with Crippen LogP contribution in [0.3, 0.4) is 0 Å². The van der Waals surface area contributed by atoms with Gasteiger partial charge in [0.25, 0.3) is 0 Å². The van der Waals surface area contributed by atoms with E-state index in [1.807, 2.05) is 0 Å². The van der Waals surface area contributed by atoms with Gasteiger partial charge in [0.15, 0.2) is 0 Å². The number of fused-ring (bicyclic) bond motifs is 6. The Hall–Kier alpha value is -8.20. The summed E-state index contributed by atoms with van der Waals surface area (Å²) in [5.41, 5.74) is 14.8. The number of anilines is 2. The summed E-state index contributed by atoms with van der Waals surface area (Å²) in [6.07, 6.45) is 0. The van der Waals surface area contributed by atoms with E-state index in [9.17, 15) is 0 Å². The molecule has 2 nitrogen and oxygen atoms in total. The van der Waals surface area contributed by atoms with Crippen molar-refractivity contribution in [3.63, 3.8) is 0 Å². The van der Waals surface area contributed by atoms with Gasteiger partial charge < -0.3 is 10.6 Å². The summed E-state index contributed by atoms with van der Waals surface area (Å²) in [5, 5.41) is 23.1. The average molecular weight is 845 g/mol. The lowest BCUT2D eigenvalue weighted by Crippen LogP contribution is -2.07. The molecule has 0 fully saturated rings. The molecule has 0 atom stereocenters. The van der Waals surface area contributed by atoms with Crippen LogP contribution in [0.5, 0.6) is 0 Å². The zero-order valence-corrected chi connectivity index (χ0v) is 37.2. The summed E-state index contributed by atoms with van der Waals surface area (Å²) in [5.74, 6) is 0. The predicted molar refractivity (Wildman–Crippen MR) is 285 cm³/mol. The number of benzene rings is 12. The van der Waals surface area contributed by atoms with Crippen molar-refractivity contribution in [3.05, 3.63) is 241 Å². The second-order valence-electron chi connectivity index (χ2n) is 17.7. The van der Waals surface area contributed by atoms with Gasteiger partial charge in [-0.15, -0.1) is 0 Å². The lowest BCUT2D eigenvalue weighted by Gasteiger charge is -2.23. The van der Waals surface area contributed by atoms with Gasteiger partial charge >= 0.3 is 0 Å². The van der Waals surface area contributed by atoms with Crippen LogP contribution >= 0.6 is 0 Å². The third-order valence-corrected chi connectivity index (χ3v) is 13.9. The summed E-state index contributed by atoms with van der Waals surface area (Å²) in [6.45, 7) is 5.79. The van der Waals surface area contributed by atoms with Crippen molar-refractivity contribution >= 4 is 76.0 Å². The lowest BCUT2D eigenvalue weighted by molar-refractivity contribution is 1.15. The van der Waals surface area contributed by atoms with E-state index in [1.165, 1.54) is 120 Å². The fourth-order valence-electron chi connectivity index (χ4n) is 10.7. The minimum Gasteiger partial charge on any atom is -0.380 e. The summed E-state index contributed by atoms with van der Waals surface area (Å²) in [4.78, 5) is 0. The van der Waals surface area contributed by atoms with E-state index in [-0.39, 0.29) is 0 Å². The largest absolute Gasteiger partial charge is 0.380 e. The highest BCUT2D eigenvalue weighted by molar-refractivity contribution is 6.14. The fourth-order valence-corrected chi connectivity index (χ4v) is 10.7. The average Bonchev–Trinajstić information content (AvgIpc) is 3.37. The molecular formula is C64H48N2. The molecule has 0 spiro atoms. The molecule has 12 aromatic carbocycles. The number of rotatable bonds is 9. The van der Waals surface area contributed by atoms with Crippen molar-refractivity contribution in [2.75, 3.05) is 10.6 Å². The normalized spacial score (nSPS) is 11.6. The molecule has 2 heteroatoms. The number of hydrogen-bond acceptors (Lipinski definition) is 2. The van der Waals surface area contributed by atoms with E-state index in [4.69, 9.17) is 0 Å². The third kappa shape index (κ3) is 6.73. The molecule has 0 aromatic heterocycles. The number of aryl methyl sites for hydroxylation is 2. The van der Waals surface area contributed by atoms with Crippen LogP contribution in [0.2, 0.25) is 0 Å². The van der Waals surface area contributed by atoms with E-state index in [0.29, 0.717) is 13.1 Å². The van der Waals surface area contributed by atoms with Crippen LogP contribution in [-0.4, -0.2) is 0 Å². The molecule has 0 aliphatic carbocycles. The molecule has 0 unspecified atom stereocenters. The first-order valence-corrected chi connectivity index (χ1v) is 23.1. The van der Waals surface area contributed by atoms with Crippen molar-refractivity contribution in [2.24, 2.45) is 0 Å². The standard InChI is InChI=1S/C64H48N2/c1-41-27-29-43-15-3-9-21-51(43)59(41)61-49(33-31-45-17-5-11-23-53(45)61)39-65-57-37-35-47-19-7-13-25-55(47)63(57)64-56-26-14-8-20-48(56)36-38-58(64)66-40-50-34-32-46-18-6-12-24-54(46)62(50)60-42(2)28-30-44-16-4-10-22-52(44)60/h3-38,65-66H,39-40H2,1-2H3. The maximum Gasteiger partial charge on any atom is 0.0430 e. The minimum atomic E-state index is 0.645. The van der Waals surface area contributed by atoms with Gasteiger partial charge in [0.2, 0.25) is 0 Å². The Bertz CT molecular complexity index is 3610. The van der Waals surface area contributed by atoms with Crippen molar-refractivity contribution in [1.29, 1.82) is 0 Å². The van der Waals surface area contributed by atoms with Gasteiger partial charge in [-0.05, 0) is 135 Å². The molecule has 0 aliphatic heterocycles. The fraction of sp³-hybridized carbons (Fsp3) is 0.0625. The van der Waals surface area contributed by atoms with Crippen LogP contribution in [-0.2, 0) is 13.1 Å². The van der Waals surface area contributed by atoms with Gasteiger partial charge in [-0.3, -0.25) is 0 Å². The molecule has 12 aromatic rings. The summed E-state index contributed by atoms with van der Waals surface area (Å²) in [6, 6.07) is 80.3. The third-order valence-electron chi connectivity index (χ3n) is 13.9. The van der Waals surface area contributed by atoms with Gasteiger partial charge in [-0.1, -0.05) is 206 Å². The highest BCUT2D eigenvalue weighted by Gasteiger charge is 2.21. The van der Waals surface area contributed by atoms with E-state index < -0.39 is 0 Å². The molecule has 0 saturated carbocycles. The maximum atomic E-state index is 4.07. The minimum absolute atomic E-state index is 0.645. The van der Waals surface area contributed by atoms with Crippen molar-refractivity contribution in [2.45, 2.75) is 26.9 Å². The van der Waals surface area contributed by atoms with E-state index >= 15 is 0 Å². The monoisotopic (exact) mass is 844 g/mol. The molecule has 314 valence electrons. The Morgan fingerprint density at radius 1 is 0.242 bits per heavy atom. The Balaban J connectivity index is 1.02. The summed E-state index contributed by atoms with van der Waals surface area (Å²) < 4.78 is 0.